The van der Waals surface area contributed by atoms with Gasteiger partial charge in [-0.2, -0.15) is 0 Å². The van der Waals surface area contributed by atoms with Gasteiger partial charge in [-0.1, -0.05) is 55.8 Å². The molecule has 0 N–H and O–H groups in total. The van der Waals surface area contributed by atoms with Gasteiger partial charge in [0.05, 0.1) is 17.0 Å². The predicted molar refractivity (Wildman–Crippen MR) is 126 cm³/mol. The molecule has 1 aliphatic rings. The number of amides is 1. The SMILES string of the molecule is Cc1ccc(N2C(=O)c3oc4ccc(Cl)cc4c(=O)c3C2c2ccc(C(C)C)cc2)nc1. The second-order valence-corrected chi connectivity index (χ2v) is 8.84. The first kappa shape index (κ1) is 20.5. The van der Waals surface area contributed by atoms with Crippen molar-refractivity contribution in [2.45, 2.75) is 32.7 Å². The van der Waals surface area contributed by atoms with Crippen LogP contribution in [0.4, 0.5) is 5.82 Å². The molecule has 5 rings (SSSR count). The van der Waals surface area contributed by atoms with Gasteiger partial charge in [-0.05, 0) is 53.8 Å². The van der Waals surface area contributed by atoms with Crippen molar-refractivity contribution in [3.63, 3.8) is 0 Å². The Kier molecular flexibility index (Phi) is 4.86. The quantitative estimate of drug-likeness (QED) is 0.387. The third-order valence-corrected chi connectivity index (χ3v) is 6.13. The first-order valence-electron chi connectivity index (χ1n) is 10.5. The lowest BCUT2D eigenvalue weighted by atomic mass is 9.95. The number of hydrogen-bond acceptors (Lipinski definition) is 4. The van der Waals surface area contributed by atoms with Crippen LogP contribution in [0, 0.1) is 6.92 Å². The average Bonchev–Trinajstić information content (AvgIpc) is 3.07. The molecule has 0 spiro atoms. The normalized spacial score (nSPS) is 15.6. The van der Waals surface area contributed by atoms with Crippen molar-refractivity contribution in [2.75, 3.05) is 4.90 Å². The summed E-state index contributed by atoms with van der Waals surface area (Å²) in [4.78, 5) is 33.1. The van der Waals surface area contributed by atoms with Crippen LogP contribution in [-0.4, -0.2) is 10.9 Å². The molecule has 32 heavy (non-hydrogen) atoms. The van der Waals surface area contributed by atoms with Crippen LogP contribution in [0.15, 0.2) is 70.0 Å². The minimum Gasteiger partial charge on any atom is -0.450 e. The predicted octanol–water partition coefficient (Wildman–Crippen LogP) is 6.02. The molecular weight excluding hydrogens is 424 g/mol. The average molecular weight is 445 g/mol. The molecule has 0 radical (unpaired) electrons. The number of hydrogen-bond donors (Lipinski definition) is 0. The molecule has 2 aromatic heterocycles. The van der Waals surface area contributed by atoms with E-state index in [9.17, 15) is 9.59 Å². The highest BCUT2D eigenvalue weighted by molar-refractivity contribution is 6.31. The molecule has 2 aromatic carbocycles. The summed E-state index contributed by atoms with van der Waals surface area (Å²) in [5.41, 5.74) is 3.35. The monoisotopic (exact) mass is 444 g/mol. The van der Waals surface area contributed by atoms with Crippen molar-refractivity contribution in [1.82, 2.24) is 4.98 Å². The highest BCUT2D eigenvalue weighted by Gasteiger charge is 2.44. The summed E-state index contributed by atoms with van der Waals surface area (Å²) in [5, 5.41) is 0.788. The molecule has 0 aliphatic carbocycles. The zero-order chi connectivity index (χ0) is 22.6. The van der Waals surface area contributed by atoms with Gasteiger partial charge in [-0.3, -0.25) is 14.5 Å². The maximum atomic E-state index is 13.6. The van der Waals surface area contributed by atoms with Crippen molar-refractivity contribution in [2.24, 2.45) is 0 Å². The van der Waals surface area contributed by atoms with Crippen molar-refractivity contribution in [3.05, 3.63) is 104 Å². The summed E-state index contributed by atoms with van der Waals surface area (Å²) in [5.74, 6) is 0.493. The molecule has 1 unspecified atom stereocenters. The molecule has 160 valence electrons. The maximum Gasteiger partial charge on any atom is 0.296 e. The lowest BCUT2D eigenvalue weighted by molar-refractivity contribution is 0.0970. The Bertz CT molecular complexity index is 1410. The fourth-order valence-corrected chi connectivity index (χ4v) is 4.33. The van der Waals surface area contributed by atoms with Crippen LogP contribution in [0.5, 0.6) is 0 Å². The maximum absolute atomic E-state index is 13.6. The molecule has 0 fully saturated rings. The second-order valence-electron chi connectivity index (χ2n) is 8.41. The van der Waals surface area contributed by atoms with Crippen LogP contribution >= 0.6 is 11.6 Å². The summed E-state index contributed by atoms with van der Waals surface area (Å²) in [6, 6.07) is 15.9. The highest BCUT2D eigenvalue weighted by atomic mass is 35.5. The van der Waals surface area contributed by atoms with Crippen LogP contribution < -0.4 is 10.3 Å². The molecule has 0 saturated heterocycles. The van der Waals surface area contributed by atoms with Gasteiger partial charge >= 0.3 is 0 Å². The molecular formula is C26H21ClN2O3. The van der Waals surface area contributed by atoms with E-state index in [4.69, 9.17) is 16.0 Å². The molecule has 3 heterocycles. The molecule has 1 amide bonds. The van der Waals surface area contributed by atoms with Gasteiger partial charge < -0.3 is 4.42 Å². The standard InChI is InChI=1S/C26H21ClN2O3/c1-14(2)16-5-7-17(8-6-16)23-22-24(30)19-12-18(27)9-10-20(19)32-25(22)26(31)29(23)21-11-4-15(3)13-28-21/h4-14,23H,1-3H3. The number of aryl methyl sites for hydroxylation is 1. The number of anilines is 1. The Morgan fingerprint density at radius 2 is 1.78 bits per heavy atom. The number of benzene rings is 2. The fraction of sp³-hybridized carbons (Fsp3) is 0.192. The third kappa shape index (κ3) is 3.21. The van der Waals surface area contributed by atoms with Crippen LogP contribution in [0.2, 0.25) is 5.02 Å². The lowest BCUT2D eigenvalue weighted by Crippen LogP contribution is -2.30. The number of rotatable bonds is 3. The molecule has 0 bridgehead atoms. The Hall–Kier alpha value is -3.44. The van der Waals surface area contributed by atoms with Crippen LogP contribution in [0.25, 0.3) is 11.0 Å². The number of carbonyl (C=O) groups is 1. The Morgan fingerprint density at radius 1 is 1.03 bits per heavy atom. The minimum absolute atomic E-state index is 0.0464. The number of fused-ring (bicyclic) bond motifs is 2. The summed E-state index contributed by atoms with van der Waals surface area (Å²) >= 11 is 6.14. The number of pyridine rings is 1. The van der Waals surface area contributed by atoms with Crippen molar-refractivity contribution in [1.29, 1.82) is 0 Å². The van der Waals surface area contributed by atoms with Gasteiger partial charge in [0, 0.05) is 11.2 Å². The third-order valence-electron chi connectivity index (χ3n) is 5.89. The number of carbonyl (C=O) groups excluding carboxylic acids is 1. The van der Waals surface area contributed by atoms with E-state index < -0.39 is 6.04 Å². The summed E-state index contributed by atoms with van der Waals surface area (Å²) in [7, 11) is 0. The fourth-order valence-electron chi connectivity index (χ4n) is 4.16. The second kappa shape index (κ2) is 7.61. The summed E-state index contributed by atoms with van der Waals surface area (Å²) in [6.45, 7) is 6.17. The lowest BCUT2D eigenvalue weighted by Gasteiger charge is -2.24. The van der Waals surface area contributed by atoms with Crippen LogP contribution in [-0.2, 0) is 0 Å². The summed E-state index contributed by atoms with van der Waals surface area (Å²) < 4.78 is 5.96. The van der Waals surface area contributed by atoms with Gasteiger partial charge in [0.1, 0.15) is 11.4 Å². The molecule has 4 aromatic rings. The molecule has 5 nitrogen and oxygen atoms in total. The van der Waals surface area contributed by atoms with E-state index in [2.05, 4.69) is 18.8 Å². The van der Waals surface area contributed by atoms with Gasteiger partial charge in [-0.15, -0.1) is 0 Å². The van der Waals surface area contributed by atoms with E-state index >= 15 is 0 Å². The smallest absolute Gasteiger partial charge is 0.296 e. The van der Waals surface area contributed by atoms with Crippen molar-refractivity contribution in [3.8, 4) is 0 Å². The minimum atomic E-state index is -0.645. The van der Waals surface area contributed by atoms with E-state index in [1.807, 2.05) is 37.3 Å². The van der Waals surface area contributed by atoms with Gasteiger partial charge in [-0.25, -0.2) is 4.98 Å². The topological polar surface area (TPSA) is 63.4 Å². The Labute approximate surface area is 190 Å². The Morgan fingerprint density at radius 3 is 2.44 bits per heavy atom. The van der Waals surface area contributed by atoms with E-state index in [-0.39, 0.29) is 17.1 Å². The largest absolute Gasteiger partial charge is 0.450 e. The number of nitrogens with zero attached hydrogens (tertiary/aromatic N) is 2. The summed E-state index contributed by atoms with van der Waals surface area (Å²) in [6.07, 6.45) is 1.70. The molecule has 6 heteroatoms. The molecule has 1 aliphatic heterocycles. The Balaban J connectivity index is 1.78. The molecule has 0 saturated carbocycles. The highest BCUT2D eigenvalue weighted by Crippen LogP contribution is 2.41. The van der Waals surface area contributed by atoms with Crippen molar-refractivity contribution < 1.29 is 9.21 Å². The molecule has 1 atom stereocenters. The van der Waals surface area contributed by atoms with Gasteiger partial charge in [0.25, 0.3) is 5.91 Å². The van der Waals surface area contributed by atoms with E-state index in [1.165, 1.54) is 5.56 Å². The first-order valence-corrected chi connectivity index (χ1v) is 10.9. The number of halogens is 1. The van der Waals surface area contributed by atoms with Crippen LogP contribution in [0.3, 0.4) is 0 Å². The van der Waals surface area contributed by atoms with E-state index in [0.717, 1.165) is 11.1 Å². The van der Waals surface area contributed by atoms with Gasteiger partial charge in [0.15, 0.2) is 5.43 Å². The first-order chi connectivity index (χ1) is 15.3. The zero-order valence-electron chi connectivity index (χ0n) is 17.9. The zero-order valence-corrected chi connectivity index (χ0v) is 18.7. The number of aromatic nitrogens is 1. The van der Waals surface area contributed by atoms with E-state index in [0.29, 0.717) is 33.3 Å². The van der Waals surface area contributed by atoms with E-state index in [1.54, 1.807) is 35.4 Å². The van der Waals surface area contributed by atoms with Crippen LogP contribution in [0.1, 0.15) is 58.6 Å². The van der Waals surface area contributed by atoms with Gasteiger partial charge in [0.2, 0.25) is 5.76 Å². The van der Waals surface area contributed by atoms with Crippen molar-refractivity contribution >= 4 is 34.3 Å².